The third-order valence-electron chi connectivity index (χ3n) is 2.65. The van der Waals surface area contributed by atoms with Gasteiger partial charge >= 0.3 is 0 Å². The number of aromatic hydroxyl groups is 1. The van der Waals surface area contributed by atoms with Crippen LogP contribution in [0.1, 0.15) is 18.4 Å². The molecule has 1 amide bonds. The van der Waals surface area contributed by atoms with E-state index in [0.29, 0.717) is 6.42 Å². The Balaban J connectivity index is 1.87. The number of hydrogen-bond donors (Lipinski definition) is 2. The largest absolute Gasteiger partial charge is 0.508 e. The highest BCUT2D eigenvalue weighted by atomic mass is 16.3. The van der Waals surface area contributed by atoms with E-state index in [2.05, 4.69) is 17.5 Å². The van der Waals surface area contributed by atoms with E-state index in [1.165, 1.54) is 0 Å². The molecule has 1 aliphatic carbocycles. The zero-order chi connectivity index (χ0) is 11.4. The summed E-state index contributed by atoms with van der Waals surface area (Å²) in [7, 11) is 0. The molecule has 0 unspecified atom stereocenters. The molecule has 0 spiro atoms. The summed E-state index contributed by atoms with van der Waals surface area (Å²) in [6, 6.07) is 7.06. The number of carbonyl (C=O) groups is 1. The summed E-state index contributed by atoms with van der Waals surface area (Å²) in [6.07, 6.45) is 6.33. The van der Waals surface area contributed by atoms with Crippen molar-refractivity contribution in [1.82, 2.24) is 5.32 Å². The van der Waals surface area contributed by atoms with Crippen LogP contribution >= 0.6 is 0 Å². The Labute approximate surface area is 94.8 Å². The van der Waals surface area contributed by atoms with Gasteiger partial charge in [0, 0.05) is 6.04 Å². The molecule has 16 heavy (non-hydrogen) atoms. The molecule has 0 heterocycles. The summed E-state index contributed by atoms with van der Waals surface area (Å²) in [4.78, 5) is 11.7. The van der Waals surface area contributed by atoms with Gasteiger partial charge in [-0.3, -0.25) is 4.79 Å². The van der Waals surface area contributed by atoms with Crippen molar-refractivity contribution in [2.75, 3.05) is 0 Å². The number of carbonyl (C=O) groups excluding carboxylic acids is 1. The molecule has 2 rings (SSSR count). The fraction of sp³-hybridized carbons (Fsp3) is 0.308. The number of hydrogen-bond acceptors (Lipinski definition) is 2. The number of rotatable bonds is 3. The van der Waals surface area contributed by atoms with E-state index in [1.807, 2.05) is 6.07 Å². The summed E-state index contributed by atoms with van der Waals surface area (Å²) < 4.78 is 0. The van der Waals surface area contributed by atoms with E-state index in [-0.39, 0.29) is 17.7 Å². The first-order valence-electron chi connectivity index (χ1n) is 5.46. The highest BCUT2D eigenvalue weighted by Gasteiger charge is 2.13. The van der Waals surface area contributed by atoms with E-state index in [9.17, 15) is 9.90 Å². The number of benzene rings is 1. The van der Waals surface area contributed by atoms with Crippen LogP contribution in [-0.4, -0.2) is 17.1 Å². The van der Waals surface area contributed by atoms with Crippen LogP contribution in [0.2, 0.25) is 0 Å². The summed E-state index contributed by atoms with van der Waals surface area (Å²) in [5.74, 6) is 0.215. The zero-order valence-corrected chi connectivity index (χ0v) is 9.02. The fourth-order valence-corrected chi connectivity index (χ4v) is 1.87. The van der Waals surface area contributed by atoms with Crippen LogP contribution in [-0.2, 0) is 11.2 Å². The molecule has 0 atom stereocenters. The molecule has 3 heteroatoms. The first kappa shape index (κ1) is 10.7. The van der Waals surface area contributed by atoms with Crippen LogP contribution in [0.5, 0.6) is 5.75 Å². The molecule has 0 saturated heterocycles. The Morgan fingerprint density at radius 1 is 1.38 bits per heavy atom. The second-order valence-electron chi connectivity index (χ2n) is 4.05. The number of amides is 1. The van der Waals surface area contributed by atoms with Gasteiger partial charge < -0.3 is 10.4 Å². The van der Waals surface area contributed by atoms with Crippen LogP contribution in [0.4, 0.5) is 0 Å². The number of phenols is 1. The third kappa shape index (κ3) is 2.86. The Kier molecular flexibility index (Phi) is 3.25. The van der Waals surface area contributed by atoms with Crippen molar-refractivity contribution in [3.63, 3.8) is 0 Å². The Morgan fingerprint density at radius 3 is 2.81 bits per heavy atom. The predicted molar refractivity (Wildman–Crippen MR) is 62.1 cm³/mol. The van der Waals surface area contributed by atoms with Crippen molar-refractivity contribution in [1.29, 1.82) is 0 Å². The minimum Gasteiger partial charge on any atom is -0.508 e. The van der Waals surface area contributed by atoms with Gasteiger partial charge in [-0.1, -0.05) is 24.3 Å². The first-order chi connectivity index (χ1) is 7.74. The molecule has 0 bridgehead atoms. The average molecular weight is 217 g/mol. The van der Waals surface area contributed by atoms with Gasteiger partial charge in [0.05, 0.1) is 6.42 Å². The maximum atomic E-state index is 11.7. The van der Waals surface area contributed by atoms with Gasteiger partial charge in [0.2, 0.25) is 5.91 Å². The molecule has 0 aliphatic heterocycles. The van der Waals surface area contributed by atoms with Crippen LogP contribution < -0.4 is 5.32 Å². The van der Waals surface area contributed by atoms with Gasteiger partial charge in [0.1, 0.15) is 5.75 Å². The van der Waals surface area contributed by atoms with Gasteiger partial charge in [-0.15, -0.1) is 0 Å². The van der Waals surface area contributed by atoms with Crippen molar-refractivity contribution in [2.24, 2.45) is 0 Å². The number of nitrogens with one attached hydrogen (secondary N) is 1. The third-order valence-corrected chi connectivity index (χ3v) is 2.65. The normalized spacial score (nSPS) is 15.2. The van der Waals surface area contributed by atoms with Crippen molar-refractivity contribution >= 4 is 5.91 Å². The smallest absolute Gasteiger partial charge is 0.224 e. The van der Waals surface area contributed by atoms with Gasteiger partial charge in [0.25, 0.3) is 0 Å². The molecule has 0 aromatic heterocycles. The number of phenolic OH excluding ortho intramolecular Hbond substituents is 1. The van der Waals surface area contributed by atoms with Crippen molar-refractivity contribution < 1.29 is 9.90 Å². The van der Waals surface area contributed by atoms with E-state index in [1.54, 1.807) is 18.2 Å². The average Bonchev–Trinajstić information content (AvgIpc) is 2.70. The highest BCUT2D eigenvalue weighted by Crippen LogP contribution is 2.12. The van der Waals surface area contributed by atoms with Crippen molar-refractivity contribution in [3.8, 4) is 5.75 Å². The van der Waals surface area contributed by atoms with Gasteiger partial charge in [-0.25, -0.2) is 0 Å². The molecule has 0 fully saturated rings. The predicted octanol–water partition coefficient (Wildman–Crippen LogP) is 1.77. The molecule has 3 nitrogen and oxygen atoms in total. The highest BCUT2D eigenvalue weighted by molar-refractivity contribution is 5.79. The molecule has 1 aromatic rings. The minimum atomic E-state index is 0.0132. The maximum absolute atomic E-state index is 11.7. The summed E-state index contributed by atoms with van der Waals surface area (Å²) in [5, 5.41) is 12.2. The quantitative estimate of drug-likeness (QED) is 0.758. The second kappa shape index (κ2) is 4.84. The minimum absolute atomic E-state index is 0.0132. The molecular formula is C13H15NO2. The summed E-state index contributed by atoms with van der Waals surface area (Å²) >= 11 is 0. The van der Waals surface area contributed by atoms with Crippen LogP contribution in [0, 0.1) is 0 Å². The van der Waals surface area contributed by atoms with Gasteiger partial charge in [-0.05, 0) is 30.5 Å². The monoisotopic (exact) mass is 217 g/mol. The maximum Gasteiger partial charge on any atom is 0.224 e. The molecule has 0 saturated carbocycles. The first-order valence-corrected chi connectivity index (χ1v) is 5.46. The van der Waals surface area contributed by atoms with Crippen molar-refractivity contribution in [3.05, 3.63) is 42.0 Å². The lowest BCUT2D eigenvalue weighted by atomic mass is 10.1. The van der Waals surface area contributed by atoms with Crippen LogP contribution in [0.15, 0.2) is 36.4 Å². The zero-order valence-electron chi connectivity index (χ0n) is 9.02. The lowest BCUT2D eigenvalue weighted by Crippen LogP contribution is -2.33. The van der Waals surface area contributed by atoms with E-state index in [0.717, 1.165) is 18.4 Å². The Hall–Kier alpha value is -1.77. The summed E-state index contributed by atoms with van der Waals surface area (Å²) in [6.45, 7) is 0. The fourth-order valence-electron chi connectivity index (χ4n) is 1.87. The molecule has 84 valence electrons. The van der Waals surface area contributed by atoms with Crippen LogP contribution in [0.25, 0.3) is 0 Å². The van der Waals surface area contributed by atoms with E-state index >= 15 is 0 Å². The standard InChI is InChI=1S/C13H15NO2/c15-12-7-3-4-10(8-12)9-13(16)14-11-5-1-2-6-11/h1-4,7-8,11,15H,5-6,9H2,(H,14,16). The lowest BCUT2D eigenvalue weighted by Gasteiger charge is -2.11. The van der Waals surface area contributed by atoms with Crippen LogP contribution in [0.3, 0.4) is 0 Å². The SMILES string of the molecule is O=C(Cc1cccc(O)c1)NC1CC=CC1. The Morgan fingerprint density at radius 2 is 2.12 bits per heavy atom. The van der Waals surface area contributed by atoms with Crippen molar-refractivity contribution in [2.45, 2.75) is 25.3 Å². The molecule has 2 N–H and O–H groups in total. The second-order valence-corrected chi connectivity index (χ2v) is 4.05. The Bertz CT molecular complexity index is 404. The van der Waals surface area contributed by atoms with E-state index in [4.69, 9.17) is 0 Å². The topological polar surface area (TPSA) is 49.3 Å². The molecular weight excluding hydrogens is 202 g/mol. The summed E-state index contributed by atoms with van der Waals surface area (Å²) in [5.41, 5.74) is 0.837. The molecule has 1 aliphatic rings. The van der Waals surface area contributed by atoms with Gasteiger partial charge in [0.15, 0.2) is 0 Å². The lowest BCUT2D eigenvalue weighted by molar-refractivity contribution is -0.121. The molecule has 1 aromatic carbocycles. The van der Waals surface area contributed by atoms with E-state index < -0.39 is 0 Å². The van der Waals surface area contributed by atoms with Gasteiger partial charge in [-0.2, -0.15) is 0 Å². The molecule has 0 radical (unpaired) electrons.